The van der Waals surface area contributed by atoms with Crippen LogP contribution in [0.15, 0.2) is 24.3 Å². The molecule has 3 N–H and O–H groups in total. The highest BCUT2D eigenvalue weighted by Crippen LogP contribution is 2.20. The maximum absolute atomic E-state index is 12.6. The van der Waals surface area contributed by atoms with Crippen LogP contribution in [-0.2, 0) is 10.0 Å². The lowest BCUT2D eigenvalue weighted by Gasteiger charge is -2.35. The second kappa shape index (κ2) is 7.80. The molecule has 1 amide bonds. The lowest BCUT2D eigenvalue weighted by atomic mass is 10.0. The maximum atomic E-state index is 12.6. The average molecular weight is 348 g/mol. The van der Waals surface area contributed by atoms with Crippen molar-refractivity contribution < 1.29 is 13.2 Å². The van der Waals surface area contributed by atoms with E-state index in [9.17, 15) is 13.2 Å². The summed E-state index contributed by atoms with van der Waals surface area (Å²) in [6.07, 6.45) is 3.86. The number of carbonyl (C=O) groups is 1. The molecule has 1 saturated heterocycles. The normalized spacial score (nSPS) is 18.6. The van der Waals surface area contributed by atoms with E-state index in [0.717, 1.165) is 25.5 Å². The van der Waals surface area contributed by atoms with E-state index >= 15 is 0 Å². The molecule has 22 heavy (non-hydrogen) atoms. The summed E-state index contributed by atoms with van der Waals surface area (Å²) in [4.78, 5) is 14.3. The number of benzene rings is 1. The van der Waals surface area contributed by atoms with E-state index in [1.54, 1.807) is 29.2 Å². The number of nitrogens with one attached hydrogen (secondary N) is 1. The van der Waals surface area contributed by atoms with Gasteiger partial charge < -0.3 is 10.6 Å². The summed E-state index contributed by atoms with van der Waals surface area (Å²) in [6, 6.07) is 6.75. The molecular formula is C14H22ClN3O3S. The summed E-state index contributed by atoms with van der Waals surface area (Å²) in [5.74, 6) is -0.0951. The van der Waals surface area contributed by atoms with Gasteiger partial charge in [-0.1, -0.05) is 6.07 Å². The summed E-state index contributed by atoms with van der Waals surface area (Å²) in [7, 11) is -3.25. The Kier molecular flexibility index (Phi) is 6.65. The van der Waals surface area contributed by atoms with Gasteiger partial charge in [-0.2, -0.15) is 0 Å². The van der Waals surface area contributed by atoms with Crippen LogP contribution in [0.3, 0.4) is 0 Å². The van der Waals surface area contributed by atoms with E-state index in [1.165, 1.54) is 0 Å². The SMILES string of the molecule is CS(=O)(=O)NCC1CCCCN1C(=O)c1cccc(N)c1.Cl. The van der Waals surface area contributed by atoms with Gasteiger partial charge in [0.25, 0.3) is 5.91 Å². The van der Waals surface area contributed by atoms with Crippen molar-refractivity contribution in [1.82, 2.24) is 9.62 Å². The van der Waals surface area contributed by atoms with Crippen molar-refractivity contribution in [2.45, 2.75) is 25.3 Å². The highest BCUT2D eigenvalue weighted by Gasteiger charge is 2.28. The number of amides is 1. The molecule has 2 rings (SSSR count). The second-order valence-corrected chi connectivity index (χ2v) is 7.23. The molecule has 0 bridgehead atoms. The molecular weight excluding hydrogens is 326 g/mol. The largest absolute Gasteiger partial charge is 0.399 e. The molecule has 0 spiro atoms. The quantitative estimate of drug-likeness (QED) is 0.801. The van der Waals surface area contributed by atoms with E-state index in [1.807, 2.05) is 0 Å². The van der Waals surface area contributed by atoms with Gasteiger partial charge in [0.2, 0.25) is 10.0 Å². The molecule has 6 nitrogen and oxygen atoms in total. The fraction of sp³-hybridized carbons (Fsp3) is 0.500. The number of carbonyl (C=O) groups excluding carboxylic acids is 1. The number of nitrogen functional groups attached to an aromatic ring is 1. The molecule has 1 heterocycles. The molecule has 1 unspecified atom stereocenters. The number of nitrogens with two attached hydrogens (primary N) is 1. The first-order valence-electron chi connectivity index (χ1n) is 6.98. The minimum absolute atomic E-state index is 0. The van der Waals surface area contributed by atoms with Crippen molar-refractivity contribution in [3.05, 3.63) is 29.8 Å². The molecule has 1 atom stereocenters. The Bertz CT molecular complexity index is 622. The minimum Gasteiger partial charge on any atom is -0.399 e. The standard InChI is InChI=1S/C14H21N3O3S.ClH/c1-21(19,20)16-10-13-7-2-3-8-17(13)14(18)11-5-4-6-12(15)9-11;/h4-6,9,13,16H,2-3,7-8,10,15H2,1H3;1H. The summed E-state index contributed by atoms with van der Waals surface area (Å²) in [6.45, 7) is 0.899. The molecule has 124 valence electrons. The smallest absolute Gasteiger partial charge is 0.254 e. The number of piperidine rings is 1. The van der Waals surface area contributed by atoms with Crippen LogP contribution in [0.1, 0.15) is 29.6 Å². The number of halogens is 1. The van der Waals surface area contributed by atoms with Gasteiger partial charge in [-0.25, -0.2) is 13.1 Å². The Balaban J connectivity index is 0.00000242. The number of anilines is 1. The topological polar surface area (TPSA) is 92.5 Å². The van der Waals surface area contributed by atoms with Crippen LogP contribution in [0, 0.1) is 0 Å². The summed E-state index contributed by atoms with van der Waals surface area (Å²) in [5, 5.41) is 0. The van der Waals surface area contributed by atoms with E-state index < -0.39 is 10.0 Å². The van der Waals surface area contributed by atoms with Crippen molar-refractivity contribution in [3.8, 4) is 0 Å². The van der Waals surface area contributed by atoms with E-state index in [2.05, 4.69) is 4.72 Å². The molecule has 1 aromatic rings. The van der Waals surface area contributed by atoms with E-state index in [0.29, 0.717) is 17.8 Å². The highest BCUT2D eigenvalue weighted by molar-refractivity contribution is 7.88. The number of sulfonamides is 1. The Labute approximate surface area is 137 Å². The Morgan fingerprint density at radius 2 is 2.14 bits per heavy atom. The second-order valence-electron chi connectivity index (χ2n) is 5.39. The number of rotatable bonds is 4. The van der Waals surface area contributed by atoms with Crippen molar-refractivity contribution in [3.63, 3.8) is 0 Å². The van der Waals surface area contributed by atoms with Crippen LogP contribution in [0.5, 0.6) is 0 Å². The van der Waals surface area contributed by atoms with Crippen molar-refractivity contribution >= 4 is 34.0 Å². The van der Waals surface area contributed by atoms with Gasteiger partial charge in [-0.3, -0.25) is 4.79 Å². The molecule has 0 aromatic heterocycles. The van der Waals surface area contributed by atoms with Gasteiger partial charge >= 0.3 is 0 Å². The fourth-order valence-electron chi connectivity index (χ4n) is 2.57. The van der Waals surface area contributed by atoms with Crippen molar-refractivity contribution in [2.24, 2.45) is 0 Å². The zero-order valence-electron chi connectivity index (χ0n) is 12.5. The Morgan fingerprint density at radius 3 is 2.77 bits per heavy atom. The van der Waals surface area contributed by atoms with Crippen LogP contribution < -0.4 is 10.5 Å². The monoisotopic (exact) mass is 347 g/mol. The van der Waals surface area contributed by atoms with Gasteiger partial charge in [0, 0.05) is 30.4 Å². The fourth-order valence-corrected chi connectivity index (χ4v) is 3.06. The molecule has 8 heteroatoms. The van der Waals surface area contributed by atoms with Crippen LogP contribution in [-0.4, -0.2) is 44.6 Å². The zero-order chi connectivity index (χ0) is 15.5. The van der Waals surface area contributed by atoms with Crippen LogP contribution in [0.4, 0.5) is 5.69 Å². The molecule has 0 saturated carbocycles. The van der Waals surface area contributed by atoms with Gasteiger partial charge in [0.1, 0.15) is 0 Å². The average Bonchev–Trinajstić information content (AvgIpc) is 2.44. The summed E-state index contributed by atoms with van der Waals surface area (Å²) in [5.41, 5.74) is 6.80. The number of likely N-dealkylation sites (tertiary alicyclic amines) is 1. The first kappa shape index (κ1) is 18.7. The third-order valence-corrected chi connectivity index (χ3v) is 4.29. The number of hydrogen-bond acceptors (Lipinski definition) is 4. The maximum Gasteiger partial charge on any atom is 0.254 e. The lowest BCUT2D eigenvalue weighted by molar-refractivity contribution is 0.0619. The predicted molar refractivity (Wildman–Crippen MR) is 89.6 cm³/mol. The van der Waals surface area contributed by atoms with Crippen LogP contribution >= 0.6 is 12.4 Å². The Hall–Kier alpha value is -1.31. The van der Waals surface area contributed by atoms with Crippen LogP contribution in [0.2, 0.25) is 0 Å². The lowest BCUT2D eigenvalue weighted by Crippen LogP contribution is -2.49. The first-order chi connectivity index (χ1) is 9.87. The summed E-state index contributed by atoms with van der Waals surface area (Å²) >= 11 is 0. The van der Waals surface area contributed by atoms with Gasteiger partial charge in [0.15, 0.2) is 0 Å². The third-order valence-electron chi connectivity index (χ3n) is 3.60. The van der Waals surface area contributed by atoms with Gasteiger partial charge in [0.05, 0.1) is 6.26 Å². The van der Waals surface area contributed by atoms with E-state index in [4.69, 9.17) is 5.73 Å². The Morgan fingerprint density at radius 1 is 1.41 bits per heavy atom. The first-order valence-corrected chi connectivity index (χ1v) is 8.87. The molecule has 1 fully saturated rings. The van der Waals surface area contributed by atoms with Crippen LogP contribution in [0.25, 0.3) is 0 Å². The molecule has 1 aliphatic heterocycles. The number of nitrogens with zero attached hydrogens (tertiary/aromatic N) is 1. The number of hydrogen-bond donors (Lipinski definition) is 2. The highest BCUT2D eigenvalue weighted by atomic mass is 35.5. The third kappa shape index (κ3) is 5.15. The van der Waals surface area contributed by atoms with Crippen molar-refractivity contribution in [2.75, 3.05) is 25.1 Å². The summed E-state index contributed by atoms with van der Waals surface area (Å²) < 4.78 is 25.0. The van der Waals surface area contributed by atoms with Gasteiger partial charge in [-0.05, 0) is 37.5 Å². The minimum atomic E-state index is -3.25. The molecule has 0 radical (unpaired) electrons. The molecule has 1 aromatic carbocycles. The zero-order valence-corrected chi connectivity index (χ0v) is 14.1. The predicted octanol–water partition coefficient (Wildman–Crippen LogP) is 1.23. The van der Waals surface area contributed by atoms with Gasteiger partial charge in [-0.15, -0.1) is 12.4 Å². The van der Waals surface area contributed by atoms with Crippen molar-refractivity contribution in [1.29, 1.82) is 0 Å². The molecule has 0 aliphatic carbocycles. The van der Waals surface area contributed by atoms with E-state index in [-0.39, 0.29) is 30.9 Å². The molecule has 1 aliphatic rings.